The molecule has 0 saturated heterocycles. The lowest BCUT2D eigenvalue weighted by Crippen LogP contribution is -2.14. The highest BCUT2D eigenvalue weighted by Crippen LogP contribution is 2.10. The summed E-state index contributed by atoms with van der Waals surface area (Å²) in [4.78, 5) is 16.0. The van der Waals surface area contributed by atoms with E-state index >= 15 is 0 Å². The number of nitrogens with one attached hydrogen (secondary N) is 2. The van der Waals surface area contributed by atoms with Gasteiger partial charge in [0.1, 0.15) is 11.5 Å². The third-order valence-electron chi connectivity index (χ3n) is 2.73. The maximum Gasteiger partial charge on any atom is 0.275 e. The molecule has 106 valence electrons. The Morgan fingerprint density at radius 3 is 2.85 bits per heavy atom. The van der Waals surface area contributed by atoms with Gasteiger partial charge >= 0.3 is 0 Å². The summed E-state index contributed by atoms with van der Waals surface area (Å²) in [5, 5.41) is 9.57. The molecular formula is C14H18N4O2. The Hall–Kier alpha value is -2.37. The minimum Gasteiger partial charge on any atom is -0.384 e. The Balaban J connectivity index is 1.93. The van der Waals surface area contributed by atoms with Crippen molar-refractivity contribution in [2.75, 3.05) is 17.2 Å². The zero-order valence-electron chi connectivity index (χ0n) is 11.6. The molecule has 1 amide bonds. The Labute approximate surface area is 117 Å². The molecule has 2 N–H and O–H groups in total. The molecule has 2 aromatic heterocycles. The number of amides is 1. The van der Waals surface area contributed by atoms with Crippen LogP contribution in [0.4, 0.5) is 11.5 Å². The summed E-state index contributed by atoms with van der Waals surface area (Å²) in [5.41, 5.74) is 1.25. The van der Waals surface area contributed by atoms with Crippen LogP contribution in [0.1, 0.15) is 36.0 Å². The Morgan fingerprint density at radius 1 is 1.40 bits per heavy atom. The molecule has 6 heteroatoms. The number of carbonyl (C=O) groups is 1. The number of hydrogen-bond donors (Lipinski definition) is 2. The number of hydrogen-bond acceptors (Lipinski definition) is 5. The van der Waals surface area contributed by atoms with Gasteiger partial charge in [0.2, 0.25) is 0 Å². The van der Waals surface area contributed by atoms with Crippen molar-refractivity contribution >= 4 is 17.4 Å². The van der Waals surface area contributed by atoms with Crippen LogP contribution < -0.4 is 10.6 Å². The Kier molecular flexibility index (Phi) is 4.70. The predicted octanol–water partition coefficient (Wildman–Crippen LogP) is 2.84. The van der Waals surface area contributed by atoms with Gasteiger partial charge in [-0.3, -0.25) is 4.79 Å². The number of carbonyl (C=O) groups excluding carboxylic acids is 1. The molecular weight excluding hydrogens is 256 g/mol. The molecule has 0 aliphatic heterocycles. The molecule has 0 fully saturated rings. The third kappa shape index (κ3) is 3.81. The van der Waals surface area contributed by atoms with Crippen molar-refractivity contribution in [2.24, 2.45) is 0 Å². The number of pyridine rings is 1. The lowest BCUT2D eigenvalue weighted by Gasteiger charge is -2.05. The first-order valence-electron chi connectivity index (χ1n) is 6.63. The van der Waals surface area contributed by atoms with Crippen LogP contribution in [-0.4, -0.2) is 22.6 Å². The summed E-state index contributed by atoms with van der Waals surface area (Å²) < 4.78 is 4.88. The number of unbranched alkanes of at least 4 members (excludes halogenated alkanes) is 1. The molecule has 0 unspecified atom stereocenters. The SMILES string of the molecule is CCCCNc1ccc(C(=O)Nc2cc(C)on2)nc1. The van der Waals surface area contributed by atoms with Gasteiger partial charge in [-0.2, -0.15) is 0 Å². The molecule has 0 bridgehead atoms. The van der Waals surface area contributed by atoms with Gasteiger partial charge in [0.15, 0.2) is 5.82 Å². The quantitative estimate of drug-likeness (QED) is 0.792. The highest BCUT2D eigenvalue weighted by atomic mass is 16.5. The van der Waals surface area contributed by atoms with E-state index in [1.165, 1.54) is 0 Å². The van der Waals surface area contributed by atoms with Crippen LogP contribution in [0.25, 0.3) is 0 Å². The predicted molar refractivity (Wildman–Crippen MR) is 76.8 cm³/mol. The van der Waals surface area contributed by atoms with Crippen molar-refractivity contribution in [3.05, 3.63) is 35.9 Å². The third-order valence-corrected chi connectivity index (χ3v) is 2.73. The molecule has 0 spiro atoms. The topological polar surface area (TPSA) is 80.0 Å². The number of anilines is 2. The second-order valence-electron chi connectivity index (χ2n) is 4.49. The second kappa shape index (κ2) is 6.70. The van der Waals surface area contributed by atoms with E-state index in [1.54, 1.807) is 25.3 Å². The zero-order chi connectivity index (χ0) is 14.4. The molecule has 2 heterocycles. The summed E-state index contributed by atoms with van der Waals surface area (Å²) >= 11 is 0. The van der Waals surface area contributed by atoms with Gasteiger partial charge in [0.05, 0.1) is 11.9 Å². The van der Waals surface area contributed by atoms with Crippen molar-refractivity contribution in [1.29, 1.82) is 0 Å². The first-order valence-corrected chi connectivity index (χ1v) is 6.63. The molecule has 0 atom stereocenters. The van der Waals surface area contributed by atoms with Crippen LogP contribution in [0.15, 0.2) is 28.9 Å². The molecule has 0 radical (unpaired) electrons. The van der Waals surface area contributed by atoms with E-state index in [2.05, 4.69) is 27.7 Å². The standard InChI is InChI=1S/C14H18N4O2/c1-3-4-7-15-11-5-6-12(16-9-11)14(19)17-13-8-10(2)20-18-13/h5-6,8-9,15H,3-4,7H2,1-2H3,(H,17,18,19). The van der Waals surface area contributed by atoms with Crippen LogP contribution in [0.2, 0.25) is 0 Å². The van der Waals surface area contributed by atoms with Gasteiger partial charge in [-0.15, -0.1) is 0 Å². The number of aryl methyl sites for hydroxylation is 1. The number of rotatable bonds is 6. The smallest absolute Gasteiger partial charge is 0.275 e. The molecule has 0 saturated carbocycles. The zero-order valence-corrected chi connectivity index (χ0v) is 11.6. The lowest BCUT2D eigenvalue weighted by atomic mass is 10.3. The van der Waals surface area contributed by atoms with E-state index in [-0.39, 0.29) is 5.91 Å². The van der Waals surface area contributed by atoms with Crippen molar-refractivity contribution in [3.8, 4) is 0 Å². The summed E-state index contributed by atoms with van der Waals surface area (Å²) in [6.45, 7) is 4.80. The van der Waals surface area contributed by atoms with Gasteiger partial charge in [-0.05, 0) is 25.5 Å². The van der Waals surface area contributed by atoms with E-state index in [1.807, 2.05) is 6.07 Å². The largest absolute Gasteiger partial charge is 0.384 e. The fraction of sp³-hybridized carbons (Fsp3) is 0.357. The molecule has 2 aromatic rings. The van der Waals surface area contributed by atoms with Gasteiger partial charge in [-0.1, -0.05) is 18.5 Å². The molecule has 0 aromatic carbocycles. The van der Waals surface area contributed by atoms with Crippen LogP contribution in [0, 0.1) is 6.92 Å². The maximum absolute atomic E-state index is 11.9. The highest BCUT2D eigenvalue weighted by molar-refractivity contribution is 6.02. The first kappa shape index (κ1) is 14.0. The molecule has 20 heavy (non-hydrogen) atoms. The highest BCUT2D eigenvalue weighted by Gasteiger charge is 2.09. The minimum absolute atomic E-state index is 0.307. The molecule has 6 nitrogen and oxygen atoms in total. The fourth-order valence-corrected chi connectivity index (χ4v) is 1.65. The Bertz CT molecular complexity index is 563. The minimum atomic E-state index is -0.307. The number of aromatic nitrogens is 2. The van der Waals surface area contributed by atoms with Crippen LogP contribution in [0.5, 0.6) is 0 Å². The van der Waals surface area contributed by atoms with Crippen molar-refractivity contribution < 1.29 is 9.32 Å². The fourth-order valence-electron chi connectivity index (χ4n) is 1.65. The first-order chi connectivity index (χ1) is 9.69. The van der Waals surface area contributed by atoms with Gasteiger partial charge in [-0.25, -0.2) is 4.98 Å². The maximum atomic E-state index is 11.9. The van der Waals surface area contributed by atoms with Crippen LogP contribution in [-0.2, 0) is 0 Å². The number of nitrogens with zero attached hydrogens (tertiary/aromatic N) is 2. The average molecular weight is 274 g/mol. The monoisotopic (exact) mass is 274 g/mol. The summed E-state index contributed by atoms with van der Waals surface area (Å²) in [5.74, 6) is 0.724. The van der Waals surface area contributed by atoms with Gasteiger partial charge in [0, 0.05) is 12.6 Å². The van der Waals surface area contributed by atoms with Crippen molar-refractivity contribution in [2.45, 2.75) is 26.7 Å². The second-order valence-corrected chi connectivity index (χ2v) is 4.49. The summed E-state index contributed by atoms with van der Waals surface area (Å²) in [7, 11) is 0. The van der Waals surface area contributed by atoms with E-state index in [0.717, 1.165) is 25.1 Å². The lowest BCUT2D eigenvalue weighted by molar-refractivity contribution is 0.102. The van der Waals surface area contributed by atoms with Gasteiger partial charge < -0.3 is 15.2 Å². The van der Waals surface area contributed by atoms with Crippen LogP contribution in [0.3, 0.4) is 0 Å². The normalized spacial score (nSPS) is 10.3. The Morgan fingerprint density at radius 2 is 2.25 bits per heavy atom. The summed E-state index contributed by atoms with van der Waals surface area (Å²) in [6, 6.07) is 5.17. The van der Waals surface area contributed by atoms with Gasteiger partial charge in [0.25, 0.3) is 5.91 Å². The average Bonchev–Trinajstić information content (AvgIpc) is 2.85. The molecule has 0 aliphatic carbocycles. The van der Waals surface area contributed by atoms with E-state index in [9.17, 15) is 4.79 Å². The summed E-state index contributed by atoms with van der Waals surface area (Å²) in [6.07, 6.45) is 3.89. The van der Waals surface area contributed by atoms with E-state index in [4.69, 9.17) is 4.52 Å². The molecule has 2 rings (SSSR count). The van der Waals surface area contributed by atoms with Crippen molar-refractivity contribution in [1.82, 2.24) is 10.1 Å². The molecule has 0 aliphatic rings. The van der Waals surface area contributed by atoms with E-state index < -0.39 is 0 Å². The van der Waals surface area contributed by atoms with Crippen molar-refractivity contribution in [3.63, 3.8) is 0 Å². The van der Waals surface area contributed by atoms with E-state index in [0.29, 0.717) is 17.3 Å². The van der Waals surface area contributed by atoms with Crippen LogP contribution >= 0.6 is 0 Å².